The predicted molar refractivity (Wildman–Crippen MR) is 71.5 cm³/mol. The van der Waals surface area contributed by atoms with Crippen molar-refractivity contribution in [2.24, 2.45) is 11.8 Å². The molecule has 5 heteroatoms. The van der Waals surface area contributed by atoms with Crippen molar-refractivity contribution in [2.45, 2.75) is 26.2 Å². The zero-order chi connectivity index (χ0) is 12.4. The number of nitrogens with two attached hydrogens (primary N) is 1. The van der Waals surface area contributed by atoms with E-state index in [1.807, 2.05) is 0 Å². The van der Waals surface area contributed by atoms with Crippen LogP contribution in [0.4, 0.5) is 11.5 Å². The number of nitrogens with zero attached hydrogens (tertiary/aromatic N) is 1. The molecule has 0 radical (unpaired) electrons. The number of aromatic nitrogens is 1. The third-order valence-electron chi connectivity index (χ3n) is 3.30. The maximum absolute atomic E-state index is 12.1. The number of rotatable bonds is 2. The van der Waals surface area contributed by atoms with Crippen LogP contribution in [0.25, 0.3) is 0 Å². The van der Waals surface area contributed by atoms with Crippen molar-refractivity contribution in [1.29, 1.82) is 0 Å². The average molecular weight is 298 g/mol. The fourth-order valence-corrected chi connectivity index (χ4v) is 2.75. The van der Waals surface area contributed by atoms with Gasteiger partial charge in [0, 0.05) is 5.92 Å². The molecule has 1 aromatic heterocycles. The maximum Gasteiger partial charge on any atom is 0.228 e. The molecule has 1 aromatic rings. The predicted octanol–water partition coefficient (Wildman–Crippen LogP) is 2.80. The molecular weight excluding hydrogens is 282 g/mol. The number of carbonyl (C=O) groups is 1. The second-order valence-corrected chi connectivity index (χ2v) is 5.46. The van der Waals surface area contributed by atoms with Crippen LogP contribution >= 0.6 is 15.9 Å². The van der Waals surface area contributed by atoms with E-state index in [-0.39, 0.29) is 11.8 Å². The van der Waals surface area contributed by atoms with Gasteiger partial charge in [0.25, 0.3) is 0 Å². The normalized spacial score (nSPS) is 23.6. The van der Waals surface area contributed by atoms with E-state index in [0.29, 0.717) is 17.4 Å². The molecule has 0 spiro atoms. The molecule has 0 aliphatic heterocycles. The quantitative estimate of drug-likeness (QED) is 0.882. The van der Waals surface area contributed by atoms with E-state index in [0.717, 1.165) is 23.7 Å². The second kappa shape index (κ2) is 5.04. The van der Waals surface area contributed by atoms with E-state index >= 15 is 0 Å². The third-order valence-corrected chi connectivity index (χ3v) is 3.91. The Morgan fingerprint density at radius 2 is 2.35 bits per heavy atom. The van der Waals surface area contributed by atoms with Crippen LogP contribution in [0.3, 0.4) is 0 Å². The van der Waals surface area contributed by atoms with Gasteiger partial charge in [-0.15, -0.1) is 0 Å². The number of halogens is 1. The average Bonchev–Trinajstić information content (AvgIpc) is 2.68. The first-order valence-corrected chi connectivity index (χ1v) is 6.59. The summed E-state index contributed by atoms with van der Waals surface area (Å²) in [5.74, 6) is 1.18. The Kier molecular flexibility index (Phi) is 3.66. The largest absolute Gasteiger partial charge is 0.397 e. The monoisotopic (exact) mass is 297 g/mol. The molecular formula is C12H16BrN3O. The van der Waals surface area contributed by atoms with Gasteiger partial charge in [0.1, 0.15) is 5.82 Å². The summed E-state index contributed by atoms with van der Waals surface area (Å²) >= 11 is 3.34. The lowest BCUT2D eigenvalue weighted by Gasteiger charge is -2.15. The summed E-state index contributed by atoms with van der Waals surface area (Å²) < 4.78 is 0.719. The second-order valence-electron chi connectivity index (χ2n) is 4.60. The number of nitrogen functional groups attached to an aromatic ring is 1. The lowest BCUT2D eigenvalue weighted by Crippen LogP contribution is -2.25. The van der Waals surface area contributed by atoms with Gasteiger partial charge >= 0.3 is 0 Å². The van der Waals surface area contributed by atoms with E-state index < -0.39 is 0 Å². The van der Waals surface area contributed by atoms with E-state index in [9.17, 15) is 4.79 Å². The maximum atomic E-state index is 12.1. The molecule has 1 saturated carbocycles. The molecule has 1 fully saturated rings. The Morgan fingerprint density at radius 3 is 2.94 bits per heavy atom. The number of carbonyl (C=O) groups excluding carboxylic acids is 1. The van der Waals surface area contributed by atoms with Crippen LogP contribution in [-0.2, 0) is 4.79 Å². The number of hydrogen-bond donors (Lipinski definition) is 2. The Morgan fingerprint density at radius 1 is 1.59 bits per heavy atom. The SMILES string of the molecule is CC1CCCC1C(=O)Nc1ncc(N)cc1Br. The van der Waals surface area contributed by atoms with Crippen molar-refractivity contribution in [3.63, 3.8) is 0 Å². The van der Waals surface area contributed by atoms with E-state index in [1.165, 1.54) is 0 Å². The van der Waals surface area contributed by atoms with Gasteiger partial charge in [0.05, 0.1) is 16.4 Å². The lowest BCUT2D eigenvalue weighted by molar-refractivity contribution is -0.120. The highest BCUT2D eigenvalue weighted by atomic mass is 79.9. The minimum atomic E-state index is 0.0629. The van der Waals surface area contributed by atoms with Crippen LogP contribution in [-0.4, -0.2) is 10.9 Å². The lowest BCUT2D eigenvalue weighted by atomic mass is 9.97. The van der Waals surface area contributed by atoms with E-state index in [1.54, 1.807) is 12.3 Å². The molecule has 2 unspecified atom stereocenters. The first kappa shape index (κ1) is 12.4. The minimum Gasteiger partial charge on any atom is -0.397 e. The van der Waals surface area contributed by atoms with Crippen molar-refractivity contribution in [2.75, 3.05) is 11.1 Å². The number of anilines is 2. The van der Waals surface area contributed by atoms with Crippen molar-refractivity contribution in [3.8, 4) is 0 Å². The summed E-state index contributed by atoms with van der Waals surface area (Å²) in [5, 5.41) is 2.86. The Hall–Kier alpha value is -1.10. The highest BCUT2D eigenvalue weighted by Crippen LogP contribution is 2.32. The number of hydrogen-bond acceptors (Lipinski definition) is 3. The van der Waals surface area contributed by atoms with Gasteiger partial charge in [-0.2, -0.15) is 0 Å². The van der Waals surface area contributed by atoms with Crippen molar-refractivity contribution in [1.82, 2.24) is 4.98 Å². The van der Waals surface area contributed by atoms with Crippen LogP contribution in [0.15, 0.2) is 16.7 Å². The first-order valence-electron chi connectivity index (χ1n) is 5.80. The molecule has 1 aliphatic rings. The van der Waals surface area contributed by atoms with Gasteiger partial charge in [-0.1, -0.05) is 13.3 Å². The van der Waals surface area contributed by atoms with Gasteiger partial charge in [-0.25, -0.2) is 4.98 Å². The standard InChI is InChI=1S/C12H16BrN3O/c1-7-3-2-4-9(7)12(17)16-11-10(13)5-8(14)6-15-11/h5-7,9H,2-4,14H2,1H3,(H,15,16,17). The Bertz CT molecular complexity index is 436. The van der Waals surface area contributed by atoms with Crippen molar-refractivity contribution >= 4 is 33.3 Å². The smallest absolute Gasteiger partial charge is 0.228 e. The zero-order valence-corrected chi connectivity index (χ0v) is 11.3. The molecule has 0 bridgehead atoms. The zero-order valence-electron chi connectivity index (χ0n) is 9.74. The van der Waals surface area contributed by atoms with Crippen LogP contribution in [0.5, 0.6) is 0 Å². The molecule has 17 heavy (non-hydrogen) atoms. The van der Waals surface area contributed by atoms with Crippen molar-refractivity contribution < 1.29 is 4.79 Å². The van der Waals surface area contributed by atoms with Crippen LogP contribution in [0.1, 0.15) is 26.2 Å². The van der Waals surface area contributed by atoms with Gasteiger partial charge < -0.3 is 11.1 Å². The topological polar surface area (TPSA) is 68.0 Å². The van der Waals surface area contributed by atoms with Gasteiger partial charge in [-0.3, -0.25) is 4.79 Å². The summed E-state index contributed by atoms with van der Waals surface area (Å²) in [6.45, 7) is 2.13. The molecule has 1 aliphatic carbocycles. The first-order chi connectivity index (χ1) is 8.08. The van der Waals surface area contributed by atoms with E-state index in [2.05, 4.69) is 33.2 Å². The Balaban J connectivity index is 2.07. The van der Waals surface area contributed by atoms with Gasteiger partial charge in [0.15, 0.2) is 0 Å². The number of nitrogens with one attached hydrogen (secondary N) is 1. The molecule has 4 nitrogen and oxygen atoms in total. The summed E-state index contributed by atoms with van der Waals surface area (Å²) in [6.07, 6.45) is 4.78. The number of amides is 1. The fourth-order valence-electron chi connectivity index (χ4n) is 2.29. The van der Waals surface area contributed by atoms with Crippen LogP contribution < -0.4 is 11.1 Å². The Labute approximate surface area is 109 Å². The van der Waals surface area contributed by atoms with E-state index in [4.69, 9.17) is 5.73 Å². The molecule has 0 saturated heterocycles. The summed E-state index contributed by atoms with van der Waals surface area (Å²) in [6, 6.07) is 1.74. The molecule has 3 N–H and O–H groups in total. The molecule has 0 aromatic carbocycles. The van der Waals surface area contributed by atoms with Gasteiger partial charge in [0.2, 0.25) is 5.91 Å². The van der Waals surface area contributed by atoms with Crippen molar-refractivity contribution in [3.05, 3.63) is 16.7 Å². The minimum absolute atomic E-state index is 0.0629. The summed E-state index contributed by atoms with van der Waals surface area (Å²) in [4.78, 5) is 16.2. The van der Waals surface area contributed by atoms with Gasteiger partial charge in [-0.05, 0) is 40.8 Å². The van der Waals surface area contributed by atoms with Crippen LogP contribution in [0.2, 0.25) is 0 Å². The highest BCUT2D eigenvalue weighted by molar-refractivity contribution is 9.10. The highest BCUT2D eigenvalue weighted by Gasteiger charge is 2.30. The molecule has 2 rings (SSSR count). The third kappa shape index (κ3) is 2.77. The van der Waals surface area contributed by atoms with Crippen LogP contribution in [0, 0.1) is 11.8 Å². The molecule has 1 amide bonds. The summed E-state index contributed by atoms with van der Waals surface area (Å²) in [5.41, 5.74) is 6.17. The molecule has 1 heterocycles. The molecule has 92 valence electrons. The number of pyridine rings is 1. The molecule has 2 atom stereocenters. The summed E-state index contributed by atoms with van der Waals surface area (Å²) in [7, 11) is 0. The fraction of sp³-hybridized carbons (Fsp3) is 0.500.